The molecule has 0 aromatic heterocycles. The summed E-state index contributed by atoms with van der Waals surface area (Å²) in [6.45, 7) is -1.97. The molecule has 116 valence electrons. The van der Waals surface area contributed by atoms with Crippen LogP contribution < -0.4 is 10.5 Å². The molecule has 0 aliphatic heterocycles. The zero-order chi connectivity index (χ0) is 14.7. The molecular weight excluding hydrogens is 357 g/mol. The number of alkyl halides is 2. The molecule has 1 aromatic rings. The molecule has 0 aliphatic carbocycles. The third-order valence-electron chi connectivity index (χ3n) is 2.13. The molecule has 4 nitrogen and oxygen atoms in total. The van der Waals surface area contributed by atoms with Crippen LogP contribution in [-0.4, -0.2) is 27.4 Å². The fraction of sp³-hybridized carbons (Fsp3) is 0.400. The predicted molar refractivity (Wildman–Crippen MR) is 78.3 cm³/mol. The molecular formula is C10H13Cl3F2N2O2S. The van der Waals surface area contributed by atoms with E-state index in [0.29, 0.717) is 5.56 Å². The van der Waals surface area contributed by atoms with Crippen molar-refractivity contribution >= 4 is 45.6 Å². The van der Waals surface area contributed by atoms with E-state index in [1.807, 2.05) is 0 Å². The van der Waals surface area contributed by atoms with E-state index in [9.17, 15) is 17.2 Å². The lowest BCUT2D eigenvalue weighted by atomic mass is 10.2. The van der Waals surface area contributed by atoms with E-state index < -0.39 is 34.8 Å². The lowest BCUT2D eigenvalue weighted by Crippen LogP contribution is -2.41. The highest BCUT2D eigenvalue weighted by Crippen LogP contribution is 2.20. The van der Waals surface area contributed by atoms with Crippen LogP contribution in [0.5, 0.6) is 0 Å². The average Bonchev–Trinajstić information content (AvgIpc) is 2.25. The monoisotopic (exact) mass is 368 g/mol. The number of hydrogen-bond donors (Lipinski definition) is 2. The normalized spacial score (nSPS) is 12.1. The van der Waals surface area contributed by atoms with Gasteiger partial charge in [-0.15, -0.1) is 12.4 Å². The summed E-state index contributed by atoms with van der Waals surface area (Å²) in [6, 6.07) is 4.23. The van der Waals surface area contributed by atoms with Gasteiger partial charge in [-0.25, -0.2) is 21.9 Å². The van der Waals surface area contributed by atoms with Gasteiger partial charge in [0, 0.05) is 10.0 Å². The standard InChI is InChI=1S/C10H12Cl2F2N2O2S.ClH/c11-8-1-7(2-9(12)3-8)4-19(17,18)16-6-10(13,14)5-15;/h1-3,16H,4-6,15H2;1H. The van der Waals surface area contributed by atoms with Crippen molar-refractivity contribution < 1.29 is 17.2 Å². The van der Waals surface area contributed by atoms with Gasteiger partial charge in [0.1, 0.15) is 0 Å². The Morgan fingerprint density at radius 1 is 1.20 bits per heavy atom. The molecule has 1 rings (SSSR count). The first-order chi connectivity index (χ1) is 8.63. The predicted octanol–water partition coefficient (Wildman–Crippen LogP) is 2.43. The van der Waals surface area contributed by atoms with E-state index in [0.717, 1.165) is 0 Å². The van der Waals surface area contributed by atoms with Gasteiger partial charge in [-0.2, -0.15) is 0 Å². The molecule has 0 unspecified atom stereocenters. The number of nitrogens with two attached hydrogens (primary N) is 1. The largest absolute Gasteiger partial charge is 0.325 e. The van der Waals surface area contributed by atoms with Crippen molar-refractivity contribution in [2.24, 2.45) is 5.73 Å². The molecule has 0 aliphatic rings. The number of sulfonamides is 1. The Bertz CT molecular complexity index is 535. The van der Waals surface area contributed by atoms with E-state index in [-0.39, 0.29) is 22.5 Å². The van der Waals surface area contributed by atoms with Crippen molar-refractivity contribution in [3.63, 3.8) is 0 Å². The second kappa shape index (κ2) is 7.72. The van der Waals surface area contributed by atoms with E-state index in [1.165, 1.54) is 18.2 Å². The van der Waals surface area contributed by atoms with Gasteiger partial charge in [-0.1, -0.05) is 23.2 Å². The van der Waals surface area contributed by atoms with Gasteiger partial charge in [0.25, 0.3) is 5.92 Å². The first-order valence-corrected chi connectivity index (χ1v) is 7.54. The van der Waals surface area contributed by atoms with E-state index in [2.05, 4.69) is 0 Å². The second-order valence-corrected chi connectivity index (χ2v) is 6.60. The van der Waals surface area contributed by atoms with Crippen molar-refractivity contribution in [1.82, 2.24) is 4.72 Å². The van der Waals surface area contributed by atoms with Gasteiger partial charge in [0.2, 0.25) is 10.0 Å². The molecule has 0 spiro atoms. The van der Waals surface area contributed by atoms with Crippen LogP contribution >= 0.6 is 35.6 Å². The number of hydrogen-bond acceptors (Lipinski definition) is 3. The lowest BCUT2D eigenvalue weighted by molar-refractivity contribution is 0.0170. The summed E-state index contributed by atoms with van der Waals surface area (Å²) < 4.78 is 50.7. The van der Waals surface area contributed by atoms with Crippen LogP contribution in [-0.2, 0) is 15.8 Å². The fourth-order valence-electron chi connectivity index (χ4n) is 1.25. The third-order valence-corrected chi connectivity index (χ3v) is 3.86. The topological polar surface area (TPSA) is 72.2 Å². The molecule has 10 heteroatoms. The average molecular weight is 370 g/mol. The quantitative estimate of drug-likeness (QED) is 0.809. The number of nitrogens with one attached hydrogen (secondary N) is 1. The lowest BCUT2D eigenvalue weighted by Gasteiger charge is -2.14. The highest BCUT2D eigenvalue weighted by molar-refractivity contribution is 7.88. The highest BCUT2D eigenvalue weighted by Gasteiger charge is 2.28. The van der Waals surface area contributed by atoms with Gasteiger partial charge >= 0.3 is 0 Å². The Morgan fingerprint density at radius 3 is 2.15 bits per heavy atom. The van der Waals surface area contributed by atoms with E-state index >= 15 is 0 Å². The van der Waals surface area contributed by atoms with Crippen LogP contribution in [0.25, 0.3) is 0 Å². The summed E-state index contributed by atoms with van der Waals surface area (Å²) in [6.07, 6.45) is 0. The van der Waals surface area contributed by atoms with Crippen LogP contribution in [0.2, 0.25) is 10.0 Å². The molecule has 0 amide bonds. The molecule has 0 heterocycles. The Morgan fingerprint density at radius 2 is 1.70 bits per heavy atom. The number of halogens is 5. The van der Waals surface area contributed by atoms with Gasteiger partial charge in [0.05, 0.1) is 18.8 Å². The zero-order valence-corrected chi connectivity index (χ0v) is 13.2. The Labute approximate surface area is 132 Å². The van der Waals surface area contributed by atoms with Crippen LogP contribution in [0.15, 0.2) is 18.2 Å². The minimum absolute atomic E-state index is 0. The maximum Gasteiger partial charge on any atom is 0.273 e. The molecule has 1 aromatic carbocycles. The van der Waals surface area contributed by atoms with E-state index in [1.54, 1.807) is 4.72 Å². The molecule has 0 saturated carbocycles. The smallest absolute Gasteiger partial charge is 0.273 e. The maximum atomic E-state index is 12.9. The molecule has 0 atom stereocenters. The Balaban J connectivity index is 0.00000361. The van der Waals surface area contributed by atoms with Crippen molar-refractivity contribution in [2.45, 2.75) is 11.7 Å². The van der Waals surface area contributed by atoms with Crippen molar-refractivity contribution in [1.29, 1.82) is 0 Å². The summed E-state index contributed by atoms with van der Waals surface area (Å²) in [7, 11) is -3.91. The fourth-order valence-corrected chi connectivity index (χ4v) is 2.96. The van der Waals surface area contributed by atoms with Gasteiger partial charge in [-0.3, -0.25) is 0 Å². The molecule has 0 radical (unpaired) electrons. The number of benzene rings is 1. The number of rotatable bonds is 6. The van der Waals surface area contributed by atoms with Crippen LogP contribution in [0.1, 0.15) is 5.56 Å². The summed E-state index contributed by atoms with van der Waals surface area (Å²) in [4.78, 5) is 0. The van der Waals surface area contributed by atoms with Crippen molar-refractivity contribution in [2.75, 3.05) is 13.1 Å². The van der Waals surface area contributed by atoms with Gasteiger partial charge < -0.3 is 5.73 Å². The highest BCUT2D eigenvalue weighted by atomic mass is 35.5. The molecule has 0 fully saturated rings. The van der Waals surface area contributed by atoms with Crippen LogP contribution in [0.4, 0.5) is 8.78 Å². The van der Waals surface area contributed by atoms with Crippen LogP contribution in [0.3, 0.4) is 0 Å². The molecule has 0 saturated heterocycles. The Kier molecular flexibility index (Phi) is 7.65. The van der Waals surface area contributed by atoms with Gasteiger partial charge in [-0.05, 0) is 23.8 Å². The molecule has 3 N–H and O–H groups in total. The molecule has 20 heavy (non-hydrogen) atoms. The SMILES string of the molecule is Cl.NCC(F)(F)CNS(=O)(=O)Cc1cc(Cl)cc(Cl)c1. The summed E-state index contributed by atoms with van der Waals surface area (Å²) in [5, 5.41) is 0.537. The molecule has 0 bridgehead atoms. The first-order valence-electron chi connectivity index (χ1n) is 5.14. The zero-order valence-electron chi connectivity index (χ0n) is 10.1. The minimum Gasteiger partial charge on any atom is -0.325 e. The summed E-state index contributed by atoms with van der Waals surface area (Å²) in [5.41, 5.74) is 5.11. The van der Waals surface area contributed by atoms with Crippen molar-refractivity contribution in [3.05, 3.63) is 33.8 Å². The Hall–Kier alpha value is -0.180. The second-order valence-electron chi connectivity index (χ2n) is 3.92. The summed E-state index contributed by atoms with van der Waals surface area (Å²) in [5.74, 6) is -3.77. The van der Waals surface area contributed by atoms with Gasteiger partial charge in [0.15, 0.2) is 0 Å². The van der Waals surface area contributed by atoms with Crippen molar-refractivity contribution in [3.8, 4) is 0 Å². The summed E-state index contributed by atoms with van der Waals surface area (Å²) >= 11 is 11.4. The first kappa shape index (κ1) is 19.8. The minimum atomic E-state index is -3.91. The maximum absolute atomic E-state index is 12.9. The van der Waals surface area contributed by atoms with Crippen LogP contribution in [0, 0.1) is 0 Å². The third kappa shape index (κ3) is 7.01. The van der Waals surface area contributed by atoms with E-state index in [4.69, 9.17) is 28.9 Å².